The molecule has 10 atom stereocenters. The van der Waals surface area contributed by atoms with E-state index in [4.69, 9.17) is 33.6 Å². The summed E-state index contributed by atoms with van der Waals surface area (Å²) in [6.45, 7) is 10.4. The Morgan fingerprint density at radius 2 is 1.02 bits per heavy atom. The molecule has 36 heteroatoms. The van der Waals surface area contributed by atoms with E-state index in [9.17, 15) is 82.0 Å². The van der Waals surface area contributed by atoms with Crippen LogP contribution < -0.4 is 25.2 Å². The summed E-state index contributed by atoms with van der Waals surface area (Å²) in [4.78, 5) is 142. The van der Waals surface area contributed by atoms with Gasteiger partial charge in [-0.1, -0.05) is 49.3 Å². The van der Waals surface area contributed by atoms with E-state index >= 15 is 0 Å². The van der Waals surface area contributed by atoms with Crippen LogP contribution in [-0.2, 0) is 123 Å². The summed E-state index contributed by atoms with van der Waals surface area (Å²) in [7, 11) is -11.0. The second-order valence-electron chi connectivity index (χ2n) is 32.3. The Labute approximate surface area is 632 Å². The third kappa shape index (κ3) is 20.8. The number of amides is 8. The molecule has 8 amide bonds. The lowest BCUT2D eigenvalue weighted by atomic mass is 10.0. The van der Waals surface area contributed by atoms with Crippen LogP contribution in [0.4, 0.5) is 18.4 Å². The van der Waals surface area contributed by atoms with Crippen molar-refractivity contribution in [3.8, 4) is 0 Å². The SMILES string of the molecule is CC(C)(C)OC(=O)C[C@H]1COCCC/C=C\[C@@H]2C[C@@]2(C(=O)NS(=O)(=O)C2CC2)NC(=O)[C@@H]2C[C@@H](OC(=O)N3Cc4cccc(F)c4C3)CN2C1=O.CC(C)(C)OC(=O)C[C@H]1COCCCCC[C@@H]2C[C@@]2(C(=O)NS(=O)(=O)C2CC2)NC(=O)[C@@H]2C[C@@H](OC(=O)N3Cc4cccc(F)c4C3)CN2C1=O.NS(=O)(=O)C1CC1. The van der Waals surface area contributed by atoms with Gasteiger partial charge in [-0.25, -0.2) is 48.8 Å². The smallest absolute Gasteiger partial charge is 0.410 e. The molecule has 2 aromatic rings. The Morgan fingerprint density at radius 1 is 0.578 bits per heavy atom. The van der Waals surface area contributed by atoms with Gasteiger partial charge in [-0.05, 0) is 148 Å². The molecule has 6 N–H and O–H groups in total. The van der Waals surface area contributed by atoms with Crippen molar-refractivity contribution in [1.82, 2.24) is 39.7 Å². The quantitative estimate of drug-likeness (QED) is 0.104. The number of ether oxygens (including phenoxy) is 6. The summed E-state index contributed by atoms with van der Waals surface area (Å²) < 4.78 is 139. The second-order valence-corrected chi connectivity index (χ2v) is 38.0. The van der Waals surface area contributed by atoms with E-state index in [1.54, 1.807) is 71.9 Å². The number of hydrogen-bond donors (Lipinski definition) is 5. The molecule has 0 bridgehead atoms. The molecule has 11 aliphatic rings. The van der Waals surface area contributed by atoms with Gasteiger partial charge in [0.05, 0.1) is 79.8 Å². The molecule has 6 aliphatic heterocycles. The summed E-state index contributed by atoms with van der Waals surface area (Å²) in [5.74, 6) is -9.32. The van der Waals surface area contributed by atoms with E-state index in [1.165, 1.54) is 31.7 Å². The number of nitrogens with zero attached hydrogens (tertiary/aromatic N) is 4. The summed E-state index contributed by atoms with van der Waals surface area (Å²) >= 11 is 0. The van der Waals surface area contributed by atoms with Crippen molar-refractivity contribution in [2.75, 3.05) is 39.5 Å². The Kier molecular flexibility index (Phi) is 24.7. The number of allylic oxidation sites excluding steroid dienone is 1. The van der Waals surface area contributed by atoms with Gasteiger partial charge in [0, 0.05) is 56.2 Å². The predicted molar refractivity (Wildman–Crippen MR) is 383 cm³/mol. The minimum Gasteiger partial charge on any atom is -0.460 e. The maximum Gasteiger partial charge on any atom is 0.410 e. The Hall–Kier alpha value is -7.93. The van der Waals surface area contributed by atoms with Gasteiger partial charge >= 0.3 is 24.1 Å². The van der Waals surface area contributed by atoms with Gasteiger partial charge in [0.25, 0.3) is 11.8 Å². The highest BCUT2D eigenvalue weighted by molar-refractivity contribution is 7.91. The summed E-state index contributed by atoms with van der Waals surface area (Å²) in [6.07, 6.45) is 6.72. The number of halogens is 2. The lowest BCUT2D eigenvalue weighted by Crippen LogP contribution is -2.57. The highest BCUT2D eigenvalue weighted by atomic mass is 32.2. The Balaban J connectivity index is 0.000000198. The maximum atomic E-state index is 14.4. The molecular weight excluding hydrogens is 1490 g/mol. The third-order valence-corrected chi connectivity index (χ3v) is 26.0. The summed E-state index contributed by atoms with van der Waals surface area (Å²) in [5.41, 5.74) is -2.62. The molecule has 5 aliphatic carbocycles. The van der Waals surface area contributed by atoms with Gasteiger partial charge in [0.15, 0.2) is 0 Å². The average molecular weight is 1590 g/mol. The van der Waals surface area contributed by atoms with Crippen LogP contribution in [0.1, 0.15) is 179 Å². The van der Waals surface area contributed by atoms with Gasteiger partial charge in [0.2, 0.25) is 53.7 Å². The van der Waals surface area contributed by atoms with E-state index < -0.39 is 176 Å². The number of carbonyl (C=O) groups is 10. The van der Waals surface area contributed by atoms with Crippen molar-refractivity contribution in [3.05, 3.63) is 82.4 Å². The number of esters is 2. The summed E-state index contributed by atoms with van der Waals surface area (Å²) in [6, 6.07) is 6.72. The fourth-order valence-electron chi connectivity index (χ4n) is 14.6. The largest absolute Gasteiger partial charge is 0.460 e. The number of sulfonamides is 3. The predicted octanol–water partition coefficient (Wildman–Crippen LogP) is 4.55. The number of primary sulfonamides is 1. The van der Waals surface area contributed by atoms with E-state index in [0.717, 1.165) is 19.3 Å². The van der Waals surface area contributed by atoms with Gasteiger partial charge < -0.3 is 48.9 Å². The minimum atomic E-state index is -3.93. The molecule has 13 rings (SSSR count). The first-order chi connectivity index (χ1) is 51.2. The molecular formula is C73H99F2N9O22S3. The minimum absolute atomic E-state index is 0.00178. The molecule has 5 saturated carbocycles. The van der Waals surface area contributed by atoms with E-state index in [0.29, 0.717) is 86.6 Å². The van der Waals surface area contributed by atoms with Crippen LogP contribution in [0, 0.1) is 35.3 Å². The highest BCUT2D eigenvalue weighted by Gasteiger charge is 2.64. The van der Waals surface area contributed by atoms with Crippen molar-refractivity contribution < 1.29 is 110 Å². The van der Waals surface area contributed by atoms with Crippen molar-refractivity contribution in [2.24, 2.45) is 28.8 Å². The molecule has 600 valence electrons. The molecule has 3 saturated heterocycles. The molecule has 0 unspecified atom stereocenters. The van der Waals surface area contributed by atoms with Crippen molar-refractivity contribution in [2.45, 2.75) is 246 Å². The van der Waals surface area contributed by atoms with Crippen LogP contribution in [0.3, 0.4) is 0 Å². The highest BCUT2D eigenvalue weighted by Crippen LogP contribution is 2.49. The number of rotatable bonds is 13. The van der Waals surface area contributed by atoms with Gasteiger partial charge in [-0.3, -0.25) is 57.6 Å². The average Bonchev–Trinajstić information content (AvgIpc) is 1.58. The lowest BCUT2D eigenvalue weighted by Gasteiger charge is -2.29. The van der Waals surface area contributed by atoms with E-state index in [-0.39, 0.29) is 109 Å². The van der Waals surface area contributed by atoms with Crippen LogP contribution in [0.15, 0.2) is 48.6 Å². The Morgan fingerprint density at radius 3 is 1.44 bits per heavy atom. The fourth-order valence-corrected chi connectivity index (χ4v) is 18.1. The number of benzene rings is 2. The van der Waals surface area contributed by atoms with Crippen molar-refractivity contribution in [3.63, 3.8) is 0 Å². The zero-order chi connectivity index (χ0) is 78.9. The zero-order valence-corrected chi connectivity index (χ0v) is 64.5. The molecule has 2 aromatic carbocycles. The van der Waals surface area contributed by atoms with E-state index in [1.807, 2.05) is 6.08 Å². The standard InChI is InChI=1S/C35H47FN4O10S.C35H45FN4O10S.C3H7NO2S/c2*1-34(2,3)50-29(41)14-22-20-48-13-6-4-5-9-23-16-35(23,32(44)38-51(46,47)25-11-12-25)37-30(42)28-15-24(18-40(28)31(22)43)49-33(45)39-17-21-8-7-10-27(36)26(21)19-39;4-7(5,6)3-1-2-3/h7-8,10,22-25,28H,4-6,9,11-20H2,1-3H3,(H,37,42)(H,38,44);5,7-10,22-25,28H,4,6,11-20H2,1-3H3,(H,37,42)(H,38,44);3H,1-2H2,(H2,4,5,6)/b;9-5-;/t2*22-,23+,24+,28-,35+;/m00./s1. The van der Waals surface area contributed by atoms with Crippen molar-refractivity contribution >= 4 is 89.6 Å². The molecule has 0 aromatic heterocycles. The lowest BCUT2D eigenvalue weighted by molar-refractivity contribution is -0.160. The first-order valence-electron chi connectivity index (χ1n) is 37.3. The van der Waals surface area contributed by atoms with Crippen LogP contribution in [0.25, 0.3) is 0 Å². The van der Waals surface area contributed by atoms with Gasteiger partial charge in [-0.2, -0.15) is 0 Å². The Bertz CT molecular complexity index is 4260. The van der Waals surface area contributed by atoms with Crippen LogP contribution >= 0.6 is 0 Å². The van der Waals surface area contributed by atoms with Crippen LogP contribution in [-0.4, -0.2) is 206 Å². The number of carbonyl (C=O) groups excluding carboxylic acids is 10. The zero-order valence-electron chi connectivity index (χ0n) is 62.1. The monoisotopic (exact) mass is 1590 g/mol. The van der Waals surface area contributed by atoms with Gasteiger partial charge in [0.1, 0.15) is 58.2 Å². The molecule has 109 heavy (non-hydrogen) atoms. The first-order valence-corrected chi connectivity index (χ1v) is 42.0. The van der Waals surface area contributed by atoms with Crippen LogP contribution in [0.2, 0.25) is 0 Å². The van der Waals surface area contributed by atoms with Crippen molar-refractivity contribution in [1.29, 1.82) is 0 Å². The third-order valence-electron chi connectivity index (χ3n) is 21.0. The molecule has 0 radical (unpaired) electrons. The second kappa shape index (κ2) is 32.8. The molecule has 0 spiro atoms. The number of nitrogens with two attached hydrogens (primary N) is 1. The number of nitrogens with one attached hydrogen (secondary N) is 4. The number of fused-ring (bicyclic) bond motifs is 6. The molecule has 8 fully saturated rings. The first kappa shape index (κ1) is 82.0. The van der Waals surface area contributed by atoms with Crippen LogP contribution in [0.5, 0.6) is 0 Å². The van der Waals surface area contributed by atoms with Gasteiger partial charge in [-0.15, -0.1) is 0 Å². The summed E-state index contributed by atoms with van der Waals surface area (Å²) in [5, 5.41) is 8.79. The topological polar surface area (TPSA) is 416 Å². The molecule has 6 heterocycles. The fraction of sp³-hybridized carbons (Fsp3) is 0.671. The molecule has 31 nitrogen and oxygen atoms in total. The normalized spacial score (nSPS) is 28.4. The number of hydrogen-bond acceptors (Lipinski definition) is 22. The van der Waals surface area contributed by atoms with E-state index in [2.05, 4.69) is 20.1 Å². The maximum absolute atomic E-state index is 14.4.